The Morgan fingerprint density at radius 1 is 1.27 bits per heavy atom. The fourth-order valence-electron chi connectivity index (χ4n) is 2.71. The predicted octanol–water partition coefficient (Wildman–Crippen LogP) is 2.63. The molecule has 0 aliphatic rings. The minimum atomic E-state index is -1.18. The second-order valence-electron chi connectivity index (χ2n) is 5.88. The summed E-state index contributed by atoms with van der Waals surface area (Å²) in [5, 5.41) is 21.2. The molecule has 0 radical (unpaired) electrons. The highest BCUT2D eigenvalue weighted by Crippen LogP contribution is 2.21. The van der Waals surface area contributed by atoms with Crippen molar-refractivity contribution in [1.29, 1.82) is 0 Å². The van der Waals surface area contributed by atoms with Crippen molar-refractivity contribution in [1.82, 2.24) is 20.5 Å². The van der Waals surface area contributed by atoms with Gasteiger partial charge in [-0.25, -0.2) is 9.78 Å². The number of carboxylic acid groups (broad SMARTS) is 1. The van der Waals surface area contributed by atoms with Gasteiger partial charge in [-0.05, 0) is 19.4 Å². The number of aliphatic carboxylic acids is 1. The number of hydrogen-bond acceptors (Lipinski definition) is 5. The van der Waals surface area contributed by atoms with Crippen molar-refractivity contribution < 1.29 is 14.7 Å². The van der Waals surface area contributed by atoms with Gasteiger partial charge in [0.15, 0.2) is 6.04 Å². The van der Waals surface area contributed by atoms with Gasteiger partial charge < -0.3 is 10.4 Å². The van der Waals surface area contributed by atoms with E-state index in [9.17, 15) is 14.7 Å². The number of hydrogen-bond donors (Lipinski definition) is 3. The molecule has 0 aliphatic carbocycles. The van der Waals surface area contributed by atoms with Crippen molar-refractivity contribution in [3.63, 3.8) is 0 Å². The fraction of sp³-hybridized carbons (Fsp3) is 0.222. The monoisotopic (exact) mass is 370 g/mol. The zero-order valence-corrected chi connectivity index (χ0v) is 15.1. The Morgan fingerprint density at radius 2 is 2.00 bits per heavy atom. The molecule has 1 atom stereocenters. The number of carboxylic acids is 1. The van der Waals surface area contributed by atoms with E-state index in [4.69, 9.17) is 0 Å². The van der Waals surface area contributed by atoms with Crippen LogP contribution in [0.3, 0.4) is 0 Å². The van der Waals surface area contributed by atoms with Gasteiger partial charge in [-0.2, -0.15) is 5.10 Å². The van der Waals surface area contributed by atoms with Crippen molar-refractivity contribution in [2.45, 2.75) is 26.3 Å². The summed E-state index contributed by atoms with van der Waals surface area (Å²) in [6, 6.07) is 8.64. The van der Waals surface area contributed by atoms with E-state index in [0.717, 1.165) is 10.6 Å². The molecule has 0 aliphatic heterocycles. The third-order valence-corrected chi connectivity index (χ3v) is 4.83. The Hall–Kier alpha value is -3.00. The molecule has 26 heavy (non-hydrogen) atoms. The average molecular weight is 370 g/mol. The smallest absolute Gasteiger partial charge is 0.331 e. The van der Waals surface area contributed by atoms with Gasteiger partial charge >= 0.3 is 5.97 Å². The predicted molar refractivity (Wildman–Crippen MR) is 97.3 cm³/mol. The summed E-state index contributed by atoms with van der Waals surface area (Å²) >= 11 is 1.37. The van der Waals surface area contributed by atoms with Gasteiger partial charge in [-0.1, -0.05) is 30.3 Å². The largest absolute Gasteiger partial charge is 0.479 e. The van der Waals surface area contributed by atoms with Crippen molar-refractivity contribution >= 4 is 23.2 Å². The lowest BCUT2D eigenvalue weighted by molar-refractivity contribution is -0.139. The molecule has 2 aromatic heterocycles. The molecule has 1 aromatic carbocycles. The van der Waals surface area contributed by atoms with Crippen LogP contribution in [0.25, 0.3) is 0 Å². The Bertz CT molecular complexity index is 914. The van der Waals surface area contributed by atoms with Crippen LogP contribution in [0.2, 0.25) is 0 Å². The van der Waals surface area contributed by atoms with E-state index in [1.807, 2.05) is 30.3 Å². The second-order valence-corrected chi connectivity index (χ2v) is 6.82. The van der Waals surface area contributed by atoms with Crippen molar-refractivity contribution in [2.24, 2.45) is 0 Å². The zero-order chi connectivity index (χ0) is 18.7. The van der Waals surface area contributed by atoms with Crippen molar-refractivity contribution in [3.05, 3.63) is 68.9 Å². The number of nitrogens with zero attached hydrogens (tertiary/aromatic N) is 2. The van der Waals surface area contributed by atoms with E-state index < -0.39 is 17.9 Å². The number of thiazole rings is 1. The molecule has 3 aromatic rings. The van der Waals surface area contributed by atoms with Gasteiger partial charge in [-0.15, -0.1) is 11.3 Å². The number of nitrogens with one attached hydrogen (secondary N) is 2. The molecule has 3 rings (SSSR count). The molecule has 0 saturated heterocycles. The van der Waals surface area contributed by atoms with Gasteiger partial charge in [0.05, 0.1) is 10.7 Å². The summed E-state index contributed by atoms with van der Waals surface area (Å²) in [6.07, 6.45) is 0.626. The molecule has 0 saturated carbocycles. The molecule has 0 spiro atoms. The van der Waals surface area contributed by atoms with Crippen molar-refractivity contribution in [2.75, 3.05) is 0 Å². The third-order valence-electron chi connectivity index (χ3n) is 3.98. The maximum Gasteiger partial charge on any atom is 0.331 e. The zero-order valence-electron chi connectivity index (χ0n) is 14.3. The number of H-pyrrole nitrogens is 1. The normalized spacial score (nSPS) is 11.9. The topological polar surface area (TPSA) is 108 Å². The molecule has 134 valence electrons. The molecule has 1 unspecified atom stereocenters. The first-order valence-corrected chi connectivity index (χ1v) is 8.87. The number of benzene rings is 1. The number of amides is 1. The van der Waals surface area contributed by atoms with Crippen LogP contribution in [0, 0.1) is 13.8 Å². The maximum absolute atomic E-state index is 12.5. The maximum atomic E-state index is 12.5. The van der Waals surface area contributed by atoms with E-state index in [0.29, 0.717) is 23.4 Å². The van der Waals surface area contributed by atoms with Crippen LogP contribution in [-0.2, 0) is 11.2 Å². The quantitative estimate of drug-likeness (QED) is 0.618. The summed E-state index contributed by atoms with van der Waals surface area (Å²) in [6.45, 7) is 3.42. The summed E-state index contributed by atoms with van der Waals surface area (Å²) in [5.74, 6) is -1.67. The van der Waals surface area contributed by atoms with Crippen LogP contribution < -0.4 is 5.32 Å². The molecule has 1 amide bonds. The molecule has 8 heteroatoms. The van der Waals surface area contributed by atoms with E-state index in [1.165, 1.54) is 11.3 Å². The number of rotatable bonds is 6. The Kier molecular flexibility index (Phi) is 5.13. The lowest BCUT2D eigenvalue weighted by Gasteiger charge is -2.14. The third kappa shape index (κ3) is 3.80. The Morgan fingerprint density at radius 3 is 2.62 bits per heavy atom. The van der Waals surface area contributed by atoms with Crippen LogP contribution in [0.15, 0.2) is 35.7 Å². The molecule has 7 nitrogen and oxygen atoms in total. The number of carbonyl (C=O) groups is 2. The first-order chi connectivity index (χ1) is 12.5. The van der Waals surface area contributed by atoms with Crippen LogP contribution in [0.5, 0.6) is 0 Å². The van der Waals surface area contributed by atoms with Gasteiger partial charge in [-0.3, -0.25) is 9.89 Å². The molecule has 3 N–H and O–H groups in total. The average Bonchev–Trinajstić information content (AvgIpc) is 3.20. The van der Waals surface area contributed by atoms with Gasteiger partial charge in [0.25, 0.3) is 5.91 Å². The Labute approximate surface area is 154 Å². The highest BCUT2D eigenvalue weighted by atomic mass is 32.1. The molecule has 0 fully saturated rings. The van der Waals surface area contributed by atoms with Crippen LogP contribution in [0.4, 0.5) is 0 Å². The molecular weight excluding hydrogens is 352 g/mol. The highest BCUT2D eigenvalue weighted by Gasteiger charge is 2.28. The number of aromatic nitrogens is 3. The van der Waals surface area contributed by atoms with Crippen molar-refractivity contribution in [3.8, 4) is 0 Å². The fourth-order valence-corrected chi connectivity index (χ4v) is 3.52. The minimum Gasteiger partial charge on any atom is -0.479 e. The minimum absolute atomic E-state index is 0.214. The van der Waals surface area contributed by atoms with E-state index in [1.54, 1.807) is 19.2 Å². The first kappa shape index (κ1) is 17.8. The van der Waals surface area contributed by atoms with E-state index in [-0.39, 0.29) is 5.69 Å². The number of aryl methyl sites for hydroxylation is 2. The number of carbonyl (C=O) groups excluding carboxylic acids is 1. The Balaban J connectivity index is 1.76. The first-order valence-electron chi connectivity index (χ1n) is 7.99. The lowest BCUT2D eigenvalue weighted by Crippen LogP contribution is -2.34. The standard InChI is InChI=1S/C18H18N4O3S/c1-10-15(11(2)22-21-10)16(18(24)25)20-17(23)13-9-26-14(19-13)8-12-6-4-3-5-7-12/h3-7,9,16H,8H2,1-2H3,(H,20,23)(H,21,22)(H,24,25). The van der Waals surface area contributed by atoms with Gasteiger partial charge in [0.1, 0.15) is 5.69 Å². The highest BCUT2D eigenvalue weighted by molar-refractivity contribution is 7.09. The van der Waals surface area contributed by atoms with Crippen LogP contribution in [0.1, 0.15) is 44.1 Å². The number of aromatic amines is 1. The summed E-state index contributed by atoms with van der Waals surface area (Å²) in [4.78, 5) is 28.5. The molecule has 2 heterocycles. The second kappa shape index (κ2) is 7.49. The SMILES string of the molecule is Cc1n[nH]c(C)c1C(NC(=O)c1csc(Cc2ccccc2)n1)C(=O)O. The van der Waals surface area contributed by atoms with E-state index in [2.05, 4.69) is 20.5 Å². The summed E-state index contributed by atoms with van der Waals surface area (Å²) in [7, 11) is 0. The van der Waals surface area contributed by atoms with Crippen LogP contribution >= 0.6 is 11.3 Å². The summed E-state index contributed by atoms with van der Waals surface area (Å²) < 4.78 is 0. The summed E-state index contributed by atoms with van der Waals surface area (Å²) in [5.41, 5.74) is 2.93. The van der Waals surface area contributed by atoms with Crippen LogP contribution in [-0.4, -0.2) is 32.2 Å². The van der Waals surface area contributed by atoms with Gasteiger partial charge in [0, 0.05) is 23.1 Å². The van der Waals surface area contributed by atoms with Gasteiger partial charge in [0.2, 0.25) is 0 Å². The lowest BCUT2D eigenvalue weighted by atomic mass is 10.0. The molecule has 0 bridgehead atoms. The molecular formula is C18H18N4O3S. The van der Waals surface area contributed by atoms with E-state index >= 15 is 0 Å².